The molecule has 3 nitrogen and oxygen atoms in total. The van der Waals surface area contributed by atoms with E-state index >= 15 is 0 Å². The van der Waals surface area contributed by atoms with Crippen LogP contribution in [0.4, 0.5) is 0 Å². The van der Waals surface area contributed by atoms with E-state index in [0.29, 0.717) is 5.92 Å². The summed E-state index contributed by atoms with van der Waals surface area (Å²) < 4.78 is 2.86. The lowest BCUT2D eigenvalue weighted by molar-refractivity contribution is 0.492. The molecule has 17 heavy (non-hydrogen) atoms. The predicted molar refractivity (Wildman–Crippen MR) is 75.7 cm³/mol. The lowest BCUT2D eigenvalue weighted by atomic mass is 10.1. The van der Waals surface area contributed by atoms with Crippen LogP contribution in [0.1, 0.15) is 6.42 Å². The van der Waals surface area contributed by atoms with Gasteiger partial charge in [-0.3, -0.25) is 4.57 Å². The number of thioether (sulfide) groups is 1. The molecule has 90 valence electrons. The molecule has 1 atom stereocenters. The first kappa shape index (κ1) is 11.4. The van der Waals surface area contributed by atoms with Crippen LogP contribution in [-0.4, -0.2) is 21.1 Å². The summed E-state index contributed by atoms with van der Waals surface area (Å²) in [6.07, 6.45) is 1.22. The predicted octanol–water partition coefficient (Wildman–Crippen LogP) is 2.85. The van der Waals surface area contributed by atoms with Gasteiger partial charge in [-0.15, -0.1) is 0 Å². The topological polar surface area (TPSA) is 37.8 Å². The Morgan fingerprint density at radius 2 is 2.41 bits per heavy atom. The van der Waals surface area contributed by atoms with Gasteiger partial charge in [-0.1, -0.05) is 6.07 Å². The maximum absolute atomic E-state index is 12.0. The average molecular weight is 313 g/mol. The molecule has 0 amide bonds. The molecule has 0 spiro atoms. The quantitative estimate of drug-likeness (QED) is 0.926. The molecule has 2 heterocycles. The van der Waals surface area contributed by atoms with Crippen LogP contribution in [-0.2, 0) is 6.54 Å². The Morgan fingerprint density at radius 3 is 3.18 bits per heavy atom. The minimum atomic E-state index is 0.00352. The second-order valence-corrected chi connectivity index (χ2v) is 6.41. The van der Waals surface area contributed by atoms with Gasteiger partial charge in [0.15, 0.2) is 0 Å². The zero-order valence-electron chi connectivity index (χ0n) is 9.28. The van der Waals surface area contributed by atoms with E-state index in [1.54, 1.807) is 0 Å². The van der Waals surface area contributed by atoms with E-state index in [1.165, 1.54) is 17.9 Å². The summed E-state index contributed by atoms with van der Waals surface area (Å²) in [5.41, 5.74) is 1.91. The molecule has 1 aromatic heterocycles. The van der Waals surface area contributed by atoms with Gasteiger partial charge >= 0.3 is 5.69 Å². The molecule has 1 N–H and O–H groups in total. The number of benzene rings is 1. The van der Waals surface area contributed by atoms with Crippen molar-refractivity contribution in [3.05, 3.63) is 33.2 Å². The van der Waals surface area contributed by atoms with Gasteiger partial charge in [0.25, 0.3) is 0 Å². The van der Waals surface area contributed by atoms with Crippen molar-refractivity contribution in [2.24, 2.45) is 5.92 Å². The molecule has 1 aromatic carbocycles. The van der Waals surface area contributed by atoms with Crippen molar-refractivity contribution >= 4 is 38.7 Å². The number of hydrogen-bond donors (Lipinski definition) is 1. The summed E-state index contributed by atoms with van der Waals surface area (Å²) in [5, 5.41) is 0. The first-order chi connectivity index (χ1) is 8.25. The largest absolute Gasteiger partial charge is 0.326 e. The van der Waals surface area contributed by atoms with Crippen LogP contribution in [0, 0.1) is 5.92 Å². The lowest BCUT2D eigenvalue weighted by Crippen LogP contribution is -2.21. The molecule has 0 bridgehead atoms. The van der Waals surface area contributed by atoms with Crippen molar-refractivity contribution in [1.29, 1.82) is 0 Å². The Morgan fingerprint density at radius 1 is 1.53 bits per heavy atom. The number of rotatable bonds is 2. The SMILES string of the molecule is O=c1[nH]c2cccc(Br)c2n1CC1CCSC1. The summed E-state index contributed by atoms with van der Waals surface area (Å²) in [6.45, 7) is 0.828. The van der Waals surface area contributed by atoms with E-state index in [-0.39, 0.29) is 5.69 Å². The number of nitrogens with zero attached hydrogens (tertiary/aromatic N) is 1. The molecule has 2 aromatic rings. The molecular formula is C12H13BrN2OS. The summed E-state index contributed by atoms with van der Waals surface area (Å²) >= 11 is 5.51. The van der Waals surface area contributed by atoms with Crippen LogP contribution in [0.15, 0.2) is 27.5 Å². The third kappa shape index (κ3) is 2.06. The molecule has 1 unspecified atom stereocenters. The third-order valence-electron chi connectivity index (χ3n) is 3.21. The third-order valence-corrected chi connectivity index (χ3v) is 5.08. The van der Waals surface area contributed by atoms with Gasteiger partial charge in [0.05, 0.1) is 11.0 Å². The molecule has 5 heteroatoms. The summed E-state index contributed by atoms with van der Waals surface area (Å²) in [5.74, 6) is 3.02. The van der Waals surface area contributed by atoms with Crippen molar-refractivity contribution in [3.8, 4) is 0 Å². The summed E-state index contributed by atoms with van der Waals surface area (Å²) in [6, 6.07) is 5.87. The highest BCUT2D eigenvalue weighted by molar-refractivity contribution is 9.10. The number of aromatic amines is 1. The first-order valence-corrected chi connectivity index (χ1v) is 7.65. The Balaban J connectivity index is 2.08. The van der Waals surface area contributed by atoms with Gasteiger partial charge in [-0.2, -0.15) is 11.8 Å². The highest BCUT2D eigenvalue weighted by Crippen LogP contribution is 2.27. The molecule has 0 aliphatic carbocycles. The minimum absolute atomic E-state index is 0.00352. The standard InChI is InChI=1S/C12H13BrN2OS/c13-9-2-1-3-10-11(9)15(12(16)14-10)6-8-4-5-17-7-8/h1-3,8H,4-7H2,(H,14,16). The van der Waals surface area contributed by atoms with Crippen LogP contribution >= 0.6 is 27.7 Å². The van der Waals surface area contributed by atoms with Gasteiger partial charge in [0.2, 0.25) is 0 Å². The molecule has 1 saturated heterocycles. The van der Waals surface area contributed by atoms with Gasteiger partial charge in [-0.25, -0.2) is 4.79 Å². The monoisotopic (exact) mass is 312 g/mol. The Labute approximate surface area is 112 Å². The molecule has 1 aliphatic heterocycles. The highest BCUT2D eigenvalue weighted by Gasteiger charge is 2.19. The number of para-hydroxylation sites is 1. The lowest BCUT2D eigenvalue weighted by Gasteiger charge is -2.09. The van der Waals surface area contributed by atoms with E-state index in [4.69, 9.17) is 0 Å². The molecule has 0 radical (unpaired) electrons. The number of aromatic nitrogens is 2. The van der Waals surface area contributed by atoms with Crippen molar-refractivity contribution < 1.29 is 0 Å². The Kier molecular flexibility index (Phi) is 3.04. The van der Waals surface area contributed by atoms with Crippen molar-refractivity contribution in [2.45, 2.75) is 13.0 Å². The van der Waals surface area contributed by atoms with E-state index < -0.39 is 0 Å². The number of imidazole rings is 1. The number of fused-ring (bicyclic) bond motifs is 1. The first-order valence-electron chi connectivity index (χ1n) is 5.70. The number of halogens is 1. The van der Waals surface area contributed by atoms with Crippen molar-refractivity contribution in [1.82, 2.24) is 9.55 Å². The maximum atomic E-state index is 12.0. The Hall–Kier alpha value is -0.680. The molecule has 1 aliphatic rings. The molecule has 0 saturated carbocycles. The summed E-state index contributed by atoms with van der Waals surface area (Å²) in [4.78, 5) is 14.9. The summed E-state index contributed by atoms with van der Waals surface area (Å²) in [7, 11) is 0. The maximum Gasteiger partial charge on any atom is 0.326 e. The fourth-order valence-electron chi connectivity index (χ4n) is 2.33. The zero-order chi connectivity index (χ0) is 11.8. The van der Waals surface area contributed by atoms with E-state index in [2.05, 4.69) is 20.9 Å². The van der Waals surface area contributed by atoms with Crippen LogP contribution in [0.3, 0.4) is 0 Å². The average Bonchev–Trinajstić information content (AvgIpc) is 2.89. The van der Waals surface area contributed by atoms with E-state index in [0.717, 1.165) is 22.1 Å². The van der Waals surface area contributed by atoms with E-state index in [9.17, 15) is 4.79 Å². The second kappa shape index (κ2) is 4.53. The normalized spacial score (nSPS) is 20.2. The number of hydrogen-bond acceptors (Lipinski definition) is 2. The highest BCUT2D eigenvalue weighted by atomic mass is 79.9. The van der Waals surface area contributed by atoms with Gasteiger partial charge in [0, 0.05) is 11.0 Å². The Bertz CT molecular complexity index is 598. The van der Waals surface area contributed by atoms with Crippen LogP contribution in [0.2, 0.25) is 0 Å². The smallest absolute Gasteiger partial charge is 0.305 e. The van der Waals surface area contributed by atoms with Crippen LogP contribution < -0.4 is 5.69 Å². The molecule has 3 rings (SSSR count). The van der Waals surface area contributed by atoms with Crippen molar-refractivity contribution in [2.75, 3.05) is 11.5 Å². The molecular weight excluding hydrogens is 300 g/mol. The molecule has 1 fully saturated rings. The van der Waals surface area contributed by atoms with Gasteiger partial charge in [0.1, 0.15) is 0 Å². The van der Waals surface area contributed by atoms with Crippen molar-refractivity contribution in [3.63, 3.8) is 0 Å². The van der Waals surface area contributed by atoms with Crippen LogP contribution in [0.5, 0.6) is 0 Å². The fraction of sp³-hybridized carbons (Fsp3) is 0.417. The van der Waals surface area contributed by atoms with Crippen LogP contribution in [0.25, 0.3) is 11.0 Å². The zero-order valence-corrected chi connectivity index (χ0v) is 11.7. The van der Waals surface area contributed by atoms with Gasteiger partial charge < -0.3 is 4.98 Å². The fourth-order valence-corrected chi connectivity index (χ4v) is 4.19. The minimum Gasteiger partial charge on any atom is -0.305 e. The number of H-pyrrole nitrogens is 1. The van der Waals surface area contributed by atoms with Gasteiger partial charge in [-0.05, 0) is 51.9 Å². The second-order valence-electron chi connectivity index (χ2n) is 4.41. The number of nitrogens with one attached hydrogen (secondary N) is 1. The van der Waals surface area contributed by atoms with E-state index in [1.807, 2.05) is 34.5 Å².